The van der Waals surface area contributed by atoms with Crippen molar-refractivity contribution in [2.75, 3.05) is 31.1 Å². The number of amides is 3. The number of allylic oxidation sites excluding steroid dienone is 1. The number of fused-ring (bicyclic) bond motifs is 2. The van der Waals surface area contributed by atoms with Gasteiger partial charge in [-0.1, -0.05) is 55.3 Å². The lowest BCUT2D eigenvalue weighted by atomic mass is 9.74. The predicted molar refractivity (Wildman–Crippen MR) is 160 cm³/mol. The number of nitrogens with one attached hydrogen (secondary N) is 1. The van der Waals surface area contributed by atoms with Crippen LogP contribution in [0.15, 0.2) is 42.5 Å². The first kappa shape index (κ1) is 30.9. The fourth-order valence-electron chi connectivity index (χ4n) is 7.05. The van der Waals surface area contributed by atoms with E-state index >= 15 is 0 Å². The Bertz CT molecular complexity index is 1290. The molecule has 4 aliphatic heterocycles. The predicted octanol–water partition coefficient (Wildman–Crippen LogP) is 2.74. The minimum Gasteiger partial charge on any atom is -0.460 e. The number of cyclic esters (lactones) is 1. The maximum absolute atomic E-state index is 14.9. The normalized spacial score (nSPS) is 31.8. The first-order valence-electron chi connectivity index (χ1n) is 15.5. The number of para-hydroxylation sites is 1. The summed E-state index contributed by atoms with van der Waals surface area (Å²) < 4.78 is 12.2. The Balaban J connectivity index is 1.57. The topological polar surface area (TPSA) is 125 Å². The van der Waals surface area contributed by atoms with E-state index in [1.807, 2.05) is 50.3 Å². The van der Waals surface area contributed by atoms with Gasteiger partial charge in [-0.05, 0) is 51.2 Å². The Morgan fingerprint density at radius 1 is 1.02 bits per heavy atom. The van der Waals surface area contributed by atoms with E-state index in [2.05, 4.69) is 5.32 Å². The van der Waals surface area contributed by atoms with Gasteiger partial charge in [0.15, 0.2) is 0 Å². The zero-order valence-electron chi connectivity index (χ0n) is 25.3. The van der Waals surface area contributed by atoms with E-state index in [9.17, 15) is 24.3 Å². The molecule has 0 radical (unpaired) electrons. The van der Waals surface area contributed by atoms with Crippen LogP contribution in [-0.4, -0.2) is 83.8 Å². The Morgan fingerprint density at radius 3 is 2.51 bits per heavy atom. The lowest BCUT2D eigenvalue weighted by Crippen LogP contribution is -2.56. The maximum Gasteiger partial charge on any atom is 0.313 e. The van der Waals surface area contributed by atoms with Crippen LogP contribution in [0.3, 0.4) is 0 Å². The van der Waals surface area contributed by atoms with Crippen LogP contribution in [-0.2, 0) is 28.7 Å². The molecule has 0 aromatic heterocycles. The maximum atomic E-state index is 14.9. The first-order valence-corrected chi connectivity index (χ1v) is 15.5. The average molecular weight is 594 g/mol. The van der Waals surface area contributed by atoms with Crippen LogP contribution in [0.5, 0.6) is 0 Å². The number of esters is 1. The van der Waals surface area contributed by atoms with E-state index in [-0.39, 0.29) is 43.8 Å². The fraction of sp³-hybridized carbons (Fsp3) is 0.576. The number of aryl methyl sites for hydroxylation is 2. The minimum absolute atomic E-state index is 0.110. The molecule has 2 saturated heterocycles. The molecule has 5 rings (SSSR count). The van der Waals surface area contributed by atoms with E-state index < -0.39 is 41.7 Å². The monoisotopic (exact) mass is 593 g/mol. The van der Waals surface area contributed by atoms with Crippen LogP contribution in [0, 0.1) is 25.7 Å². The van der Waals surface area contributed by atoms with Crippen molar-refractivity contribution in [2.24, 2.45) is 11.8 Å². The second-order valence-electron chi connectivity index (χ2n) is 12.1. The molecule has 6 atom stereocenters. The van der Waals surface area contributed by atoms with E-state index in [4.69, 9.17) is 9.47 Å². The average Bonchev–Trinajstić information content (AvgIpc) is 3.61. The van der Waals surface area contributed by atoms with Crippen molar-refractivity contribution >= 4 is 29.4 Å². The highest BCUT2D eigenvalue weighted by Gasteiger charge is 2.73. The van der Waals surface area contributed by atoms with Crippen molar-refractivity contribution in [3.05, 3.63) is 53.6 Å². The summed E-state index contributed by atoms with van der Waals surface area (Å²) in [6.07, 6.45) is 9.78. The SMILES string of the molecule is Cc1cccc(C)c1N1C/C=C\CCC(=O)NC[C@@H](C)OC(=O)[C@@H]2[C@@H]3C=C[C@]4(O3)[C@H](C1=O)N(CCCCCCO)C(=O)[C@@H]24. The molecule has 2 fully saturated rings. The summed E-state index contributed by atoms with van der Waals surface area (Å²) >= 11 is 0. The number of ether oxygens (including phenoxy) is 2. The van der Waals surface area contributed by atoms with E-state index in [1.165, 1.54) is 0 Å². The summed E-state index contributed by atoms with van der Waals surface area (Å²) in [7, 11) is 0. The number of carbonyl (C=O) groups is 4. The number of hydrogen-bond donors (Lipinski definition) is 2. The second-order valence-corrected chi connectivity index (χ2v) is 12.1. The van der Waals surface area contributed by atoms with Crippen LogP contribution >= 0.6 is 0 Å². The third-order valence-electron chi connectivity index (χ3n) is 9.06. The minimum atomic E-state index is -1.29. The van der Waals surface area contributed by atoms with Gasteiger partial charge < -0.3 is 29.7 Å². The highest BCUT2D eigenvalue weighted by Crippen LogP contribution is 2.56. The molecule has 1 aromatic rings. The third-order valence-corrected chi connectivity index (χ3v) is 9.06. The number of benzene rings is 1. The van der Waals surface area contributed by atoms with E-state index in [0.717, 1.165) is 29.7 Å². The Hall–Kier alpha value is -3.50. The van der Waals surface area contributed by atoms with Crippen molar-refractivity contribution in [2.45, 2.75) is 83.1 Å². The van der Waals surface area contributed by atoms with Crippen LogP contribution in [0.25, 0.3) is 0 Å². The number of aliphatic hydroxyl groups is 1. The highest BCUT2D eigenvalue weighted by atomic mass is 16.6. The van der Waals surface area contributed by atoms with Gasteiger partial charge in [0.2, 0.25) is 11.8 Å². The highest BCUT2D eigenvalue weighted by molar-refractivity contribution is 6.06. The quantitative estimate of drug-likeness (QED) is 0.283. The van der Waals surface area contributed by atoms with Gasteiger partial charge in [0.05, 0.1) is 18.6 Å². The Kier molecular flexibility index (Phi) is 9.36. The van der Waals surface area contributed by atoms with Gasteiger partial charge in [-0.3, -0.25) is 19.2 Å². The van der Waals surface area contributed by atoms with Gasteiger partial charge >= 0.3 is 5.97 Å². The lowest BCUT2D eigenvalue weighted by Gasteiger charge is -2.36. The molecule has 0 aliphatic carbocycles. The molecule has 1 spiro atoms. The summed E-state index contributed by atoms with van der Waals surface area (Å²) in [6, 6.07) is 4.89. The molecule has 5 bridgehead atoms. The van der Waals surface area contributed by atoms with Gasteiger partial charge in [0.1, 0.15) is 23.7 Å². The molecule has 1 aromatic carbocycles. The first-order chi connectivity index (χ1) is 20.7. The summed E-state index contributed by atoms with van der Waals surface area (Å²) in [5, 5.41) is 12.0. The van der Waals surface area contributed by atoms with Crippen molar-refractivity contribution < 1.29 is 33.8 Å². The number of carbonyl (C=O) groups excluding carboxylic acids is 4. The van der Waals surface area contributed by atoms with Crippen molar-refractivity contribution in [3.8, 4) is 0 Å². The number of aliphatic hydroxyl groups excluding tert-OH is 1. The molecule has 0 saturated carbocycles. The number of unbranched alkanes of at least 4 members (excludes halogenated alkanes) is 3. The van der Waals surface area contributed by atoms with Crippen LogP contribution in [0.2, 0.25) is 0 Å². The molecule has 10 heteroatoms. The number of hydrogen-bond acceptors (Lipinski definition) is 7. The van der Waals surface area contributed by atoms with Crippen molar-refractivity contribution in [1.29, 1.82) is 0 Å². The summed E-state index contributed by atoms with van der Waals surface area (Å²) in [6.45, 7) is 6.47. The zero-order valence-corrected chi connectivity index (χ0v) is 25.3. The van der Waals surface area contributed by atoms with Gasteiger partial charge in [-0.25, -0.2) is 0 Å². The largest absolute Gasteiger partial charge is 0.460 e. The molecule has 10 nitrogen and oxygen atoms in total. The van der Waals surface area contributed by atoms with Crippen LogP contribution in [0.1, 0.15) is 56.6 Å². The Labute approximate surface area is 253 Å². The molecule has 4 heterocycles. The number of anilines is 1. The van der Waals surface area contributed by atoms with Crippen molar-refractivity contribution in [1.82, 2.24) is 10.2 Å². The summed E-state index contributed by atoms with van der Waals surface area (Å²) in [5.41, 5.74) is 1.31. The fourth-order valence-corrected chi connectivity index (χ4v) is 7.05. The molecule has 3 amide bonds. The molecule has 4 aliphatic rings. The summed E-state index contributed by atoms with van der Waals surface area (Å²) in [4.78, 5) is 58.4. The van der Waals surface area contributed by atoms with Crippen LogP contribution < -0.4 is 10.2 Å². The third kappa shape index (κ3) is 5.87. The molecular weight excluding hydrogens is 550 g/mol. The van der Waals surface area contributed by atoms with E-state index in [0.29, 0.717) is 25.8 Å². The van der Waals surface area contributed by atoms with Crippen molar-refractivity contribution in [3.63, 3.8) is 0 Å². The number of nitrogens with zero attached hydrogens (tertiary/aromatic N) is 2. The second kappa shape index (κ2) is 13.0. The molecule has 232 valence electrons. The standard InChI is InChI=1S/C33H43N3O7/c1-21-12-11-13-22(2)28(21)35-17-9-6-7-14-25(38)34-20-23(3)42-32(41)26-24-15-16-33(43-24)27(26)30(39)36(29(33)31(35)40)18-8-4-5-10-19-37/h6,9,11-13,15-16,23-24,26-27,29,37H,4-5,7-8,10,14,17-20H2,1-3H3,(H,34,38)/b9-6-/t23-,24+,26-,27-,29+,33-/m1/s1. The van der Waals surface area contributed by atoms with Gasteiger partial charge in [-0.15, -0.1) is 0 Å². The lowest BCUT2D eigenvalue weighted by molar-refractivity contribution is -0.158. The smallest absolute Gasteiger partial charge is 0.313 e. The van der Waals surface area contributed by atoms with Gasteiger partial charge in [0.25, 0.3) is 5.91 Å². The molecular formula is C33H43N3O7. The Morgan fingerprint density at radius 2 is 1.77 bits per heavy atom. The number of rotatable bonds is 7. The number of likely N-dealkylation sites (tertiary alicyclic amines) is 1. The molecule has 0 unspecified atom stereocenters. The van der Waals surface area contributed by atoms with Crippen LogP contribution in [0.4, 0.5) is 5.69 Å². The van der Waals surface area contributed by atoms with Gasteiger partial charge in [0, 0.05) is 31.8 Å². The molecule has 43 heavy (non-hydrogen) atoms. The zero-order chi connectivity index (χ0) is 30.7. The summed E-state index contributed by atoms with van der Waals surface area (Å²) in [5.74, 6) is -3.07. The van der Waals surface area contributed by atoms with E-state index in [1.54, 1.807) is 22.8 Å². The van der Waals surface area contributed by atoms with Gasteiger partial charge in [-0.2, -0.15) is 0 Å². The molecule has 2 N–H and O–H groups in total.